The van der Waals surface area contributed by atoms with Gasteiger partial charge in [-0.3, -0.25) is 10.9 Å². The lowest BCUT2D eigenvalue weighted by Gasteiger charge is -2.16. The molecule has 0 amide bonds. The number of hydrogen-bond acceptors (Lipinski definition) is 8. The SMILES string of the molecule is COc1cc(OC)c(OC)cc1NNc1ncnc2nc[nH]c12. The van der Waals surface area contributed by atoms with Crippen LogP contribution in [0.15, 0.2) is 24.8 Å². The Bertz CT molecular complexity index is 819. The Labute approximate surface area is 132 Å². The number of hydrazine groups is 1. The van der Waals surface area contributed by atoms with Crippen molar-refractivity contribution in [3.8, 4) is 17.2 Å². The number of hydrogen-bond donors (Lipinski definition) is 3. The Kier molecular flexibility index (Phi) is 4.00. The standard InChI is InChI=1S/C14H16N6O3/c1-21-9-5-11(23-3)10(22-2)4-8(9)19-20-14-12-13(16-6-15-12)17-7-18-14/h4-7,19H,1-3H3,(H2,15,16,17,18,20). The zero-order valence-electron chi connectivity index (χ0n) is 12.9. The van der Waals surface area contributed by atoms with Crippen molar-refractivity contribution < 1.29 is 14.2 Å². The van der Waals surface area contributed by atoms with E-state index in [0.717, 1.165) is 0 Å². The largest absolute Gasteiger partial charge is 0.494 e. The van der Waals surface area contributed by atoms with Crippen LogP contribution in [0.4, 0.5) is 11.5 Å². The van der Waals surface area contributed by atoms with Crippen molar-refractivity contribution in [1.29, 1.82) is 0 Å². The lowest BCUT2D eigenvalue weighted by atomic mass is 10.2. The van der Waals surface area contributed by atoms with E-state index in [9.17, 15) is 0 Å². The van der Waals surface area contributed by atoms with Crippen LogP contribution in [-0.4, -0.2) is 41.3 Å². The maximum Gasteiger partial charge on any atom is 0.182 e. The highest BCUT2D eigenvalue weighted by molar-refractivity contribution is 5.82. The number of benzene rings is 1. The normalized spacial score (nSPS) is 10.4. The lowest BCUT2D eigenvalue weighted by Crippen LogP contribution is -2.12. The molecule has 0 saturated carbocycles. The van der Waals surface area contributed by atoms with E-state index in [1.54, 1.807) is 39.8 Å². The third-order valence-corrected chi connectivity index (χ3v) is 3.24. The Morgan fingerprint density at radius 3 is 2.35 bits per heavy atom. The number of H-pyrrole nitrogens is 1. The van der Waals surface area contributed by atoms with Gasteiger partial charge >= 0.3 is 0 Å². The van der Waals surface area contributed by atoms with Crippen molar-refractivity contribution in [3.05, 3.63) is 24.8 Å². The number of ether oxygens (including phenoxy) is 3. The highest BCUT2D eigenvalue weighted by atomic mass is 16.5. The monoisotopic (exact) mass is 316 g/mol. The van der Waals surface area contributed by atoms with E-state index in [1.165, 1.54) is 6.33 Å². The number of nitrogens with one attached hydrogen (secondary N) is 3. The van der Waals surface area contributed by atoms with Crippen LogP contribution >= 0.6 is 0 Å². The van der Waals surface area contributed by atoms with Crippen LogP contribution in [0.5, 0.6) is 17.2 Å². The summed E-state index contributed by atoms with van der Waals surface area (Å²) >= 11 is 0. The molecule has 3 rings (SSSR count). The van der Waals surface area contributed by atoms with Crippen LogP contribution in [-0.2, 0) is 0 Å². The number of anilines is 2. The first-order valence-electron chi connectivity index (χ1n) is 6.73. The number of aromatic nitrogens is 4. The van der Waals surface area contributed by atoms with Gasteiger partial charge in [0.15, 0.2) is 23.0 Å². The Balaban J connectivity index is 1.89. The van der Waals surface area contributed by atoms with Gasteiger partial charge < -0.3 is 19.2 Å². The third-order valence-electron chi connectivity index (χ3n) is 3.24. The highest BCUT2D eigenvalue weighted by Crippen LogP contribution is 2.37. The molecule has 0 bridgehead atoms. The molecule has 23 heavy (non-hydrogen) atoms. The minimum atomic E-state index is 0.560. The van der Waals surface area contributed by atoms with E-state index < -0.39 is 0 Å². The van der Waals surface area contributed by atoms with E-state index in [0.29, 0.717) is 39.9 Å². The van der Waals surface area contributed by atoms with Gasteiger partial charge in [0.05, 0.1) is 27.7 Å². The summed E-state index contributed by atoms with van der Waals surface area (Å²) in [6.45, 7) is 0. The van der Waals surface area contributed by atoms with Gasteiger partial charge in [0.2, 0.25) is 0 Å². The predicted molar refractivity (Wildman–Crippen MR) is 85.0 cm³/mol. The predicted octanol–water partition coefficient (Wildman–Crippen LogP) is 1.82. The number of methoxy groups -OCH3 is 3. The van der Waals surface area contributed by atoms with E-state index >= 15 is 0 Å². The van der Waals surface area contributed by atoms with Crippen LogP contribution in [0, 0.1) is 0 Å². The van der Waals surface area contributed by atoms with E-state index in [-0.39, 0.29) is 0 Å². The topological polar surface area (TPSA) is 106 Å². The molecule has 0 saturated heterocycles. The van der Waals surface area contributed by atoms with Gasteiger partial charge in [0.1, 0.15) is 23.3 Å². The fourth-order valence-corrected chi connectivity index (χ4v) is 2.11. The van der Waals surface area contributed by atoms with Gasteiger partial charge in [0, 0.05) is 12.1 Å². The molecule has 0 spiro atoms. The average molecular weight is 316 g/mol. The second-order valence-electron chi connectivity index (χ2n) is 4.48. The second-order valence-corrected chi connectivity index (χ2v) is 4.48. The van der Waals surface area contributed by atoms with Crippen molar-refractivity contribution in [2.45, 2.75) is 0 Å². The first-order valence-corrected chi connectivity index (χ1v) is 6.73. The van der Waals surface area contributed by atoms with Crippen LogP contribution in [0.1, 0.15) is 0 Å². The fraction of sp³-hybridized carbons (Fsp3) is 0.214. The van der Waals surface area contributed by atoms with E-state index in [4.69, 9.17) is 14.2 Å². The summed E-state index contributed by atoms with van der Waals surface area (Å²) in [7, 11) is 4.71. The summed E-state index contributed by atoms with van der Waals surface area (Å²) in [5.41, 5.74) is 7.97. The Morgan fingerprint density at radius 1 is 0.870 bits per heavy atom. The molecular weight excluding hydrogens is 300 g/mol. The fourth-order valence-electron chi connectivity index (χ4n) is 2.11. The first kappa shape index (κ1) is 14.7. The van der Waals surface area contributed by atoms with Crippen molar-refractivity contribution in [1.82, 2.24) is 19.9 Å². The van der Waals surface area contributed by atoms with E-state index in [1.807, 2.05) is 0 Å². The van der Waals surface area contributed by atoms with Gasteiger partial charge in [0.25, 0.3) is 0 Å². The molecule has 2 heterocycles. The molecule has 0 unspecified atom stereocenters. The molecule has 0 atom stereocenters. The van der Waals surface area contributed by atoms with Crippen molar-refractivity contribution >= 4 is 22.7 Å². The Morgan fingerprint density at radius 2 is 1.61 bits per heavy atom. The van der Waals surface area contributed by atoms with Crippen molar-refractivity contribution in [2.75, 3.05) is 32.2 Å². The van der Waals surface area contributed by atoms with Crippen LogP contribution in [0.2, 0.25) is 0 Å². The number of imidazole rings is 1. The molecule has 2 aromatic heterocycles. The first-order chi connectivity index (χ1) is 11.3. The molecular formula is C14H16N6O3. The van der Waals surface area contributed by atoms with Crippen LogP contribution < -0.4 is 25.1 Å². The van der Waals surface area contributed by atoms with Crippen LogP contribution in [0.3, 0.4) is 0 Å². The summed E-state index contributed by atoms with van der Waals surface area (Å²) in [5, 5.41) is 0. The summed E-state index contributed by atoms with van der Waals surface area (Å²) < 4.78 is 15.9. The maximum atomic E-state index is 5.36. The molecule has 0 aliphatic rings. The molecule has 1 aromatic carbocycles. The summed E-state index contributed by atoms with van der Waals surface area (Å²) in [6, 6.07) is 3.49. The number of fused-ring (bicyclic) bond motifs is 1. The van der Waals surface area contributed by atoms with Gasteiger partial charge in [-0.1, -0.05) is 0 Å². The Hall–Kier alpha value is -3.23. The zero-order chi connectivity index (χ0) is 16.2. The maximum absolute atomic E-state index is 5.36. The minimum Gasteiger partial charge on any atom is -0.494 e. The van der Waals surface area contributed by atoms with Gasteiger partial charge in [-0.25, -0.2) is 15.0 Å². The van der Waals surface area contributed by atoms with Gasteiger partial charge in [-0.15, -0.1) is 0 Å². The molecule has 9 heteroatoms. The van der Waals surface area contributed by atoms with Crippen molar-refractivity contribution in [2.24, 2.45) is 0 Å². The van der Waals surface area contributed by atoms with Gasteiger partial charge in [-0.2, -0.15) is 0 Å². The van der Waals surface area contributed by atoms with Crippen LogP contribution in [0.25, 0.3) is 11.2 Å². The molecule has 3 aromatic rings. The second kappa shape index (κ2) is 6.26. The number of aromatic amines is 1. The summed E-state index contributed by atoms with van der Waals surface area (Å²) in [5.74, 6) is 2.30. The van der Waals surface area contributed by atoms with Crippen molar-refractivity contribution in [3.63, 3.8) is 0 Å². The molecule has 0 radical (unpaired) electrons. The summed E-state index contributed by atoms with van der Waals surface area (Å²) in [6.07, 6.45) is 2.99. The lowest BCUT2D eigenvalue weighted by molar-refractivity contribution is 0.349. The quantitative estimate of drug-likeness (QED) is 0.591. The van der Waals surface area contributed by atoms with Gasteiger partial charge in [-0.05, 0) is 0 Å². The molecule has 9 nitrogen and oxygen atoms in total. The smallest absolute Gasteiger partial charge is 0.182 e. The van der Waals surface area contributed by atoms with E-state index in [2.05, 4.69) is 30.8 Å². The number of rotatable bonds is 6. The molecule has 120 valence electrons. The minimum absolute atomic E-state index is 0.560. The molecule has 0 fully saturated rings. The number of nitrogens with zero attached hydrogens (tertiary/aromatic N) is 3. The zero-order valence-corrected chi connectivity index (χ0v) is 12.9. The summed E-state index contributed by atoms with van der Waals surface area (Å²) in [4.78, 5) is 15.3. The molecule has 0 aliphatic heterocycles. The average Bonchev–Trinajstić information content (AvgIpc) is 3.08. The third kappa shape index (κ3) is 2.76. The molecule has 0 aliphatic carbocycles. The molecule has 3 N–H and O–H groups in total. The highest BCUT2D eigenvalue weighted by Gasteiger charge is 2.12.